The molecule has 3 fully saturated rings. The van der Waals surface area contributed by atoms with Crippen LogP contribution in [0.2, 0.25) is 0 Å². The highest BCUT2D eigenvalue weighted by molar-refractivity contribution is 5.95. The zero-order chi connectivity index (χ0) is 39.3. The van der Waals surface area contributed by atoms with Gasteiger partial charge in [0, 0.05) is 70.9 Å². The average molecular weight is 756 g/mol. The van der Waals surface area contributed by atoms with Gasteiger partial charge >= 0.3 is 5.97 Å². The lowest BCUT2D eigenvalue weighted by Gasteiger charge is -2.63. The molecule has 1 unspecified atom stereocenters. The molecule has 8 rings (SSSR count). The number of fused-ring (bicyclic) bond motifs is 2. The number of rotatable bonds is 10. The van der Waals surface area contributed by atoms with Gasteiger partial charge in [-0.25, -0.2) is 0 Å². The molecule has 296 valence electrons. The number of benzene rings is 2. The number of methoxy groups -OCH3 is 2. The van der Waals surface area contributed by atoms with Gasteiger partial charge in [0.2, 0.25) is 0 Å². The minimum Gasteiger partial charge on any atom is -0.496 e. The number of nitrogens with zero attached hydrogens (tertiary/aromatic N) is 2. The van der Waals surface area contributed by atoms with Gasteiger partial charge in [-0.1, -0.05) is 51.1 Å². The number of nitrogens with one attached hydrogen (secondary N) is 2. The summed E-state index contributed by atoms with van der Waals surface area (Å²) >= 11 is 0. The Hall–Kier alpha value is -3.94. The first-order chi connectivity index (χ1) is 26.3. The third-order valence-electron chi connectivity index (χ3n) is 14.8. The zero-order valence-electron chi connectivity index (χ0n) is 32.9. The van der Waals surface area contributed by atoms with Gasteiger partial charge in [-0.15, -0.1) is 0 Å². The van der Waals surface area contributed by atoms with Crippen molar-refractivity contribution in [1.82, 2.24) is 15.2 Å². The number of hydrogen-bond donors (Lipinski definition) is 6. The number of aromatic amines is 1. The summed E-state index contributed by atoms with van der Waals surface area (Å²) in [5.74, 6) is -1.11. The Morgan fingerprint density at radius 1 is 1.09 bits per heavy atom. The second-order valence-electron chi connectivity index (χ2n) is 17.0. The Morgan fingerprint density at radius 3 is 2.53 bits per heavy atom. The summed E-state index contributed by atoms with van der Waals surface area (Å²) in [7, 11) is 4.85. The molecule has 7 N–H and O–H groups in total. The highest BCUT2D eigenvalue weighted by Gasteiger charge is 2.78. The van der Waals surface area contributed by atoms with E-state index < -0.39 is 51.5 Å². The summed E-state index contributed by atoms with van der Waals surface area (Å²) in [5, 5.41) is 41.1. The summed E-state index contributed by atoms with van der Waals surface area (Å²) < 4.78 is 12.2. The predicted octanol–water partition coefficient (Wildman–Crippen LogP) is 3.03. The molecule has 12 heteroatoms. The molecular weight excluding hydrogens is 699 g/mol. The fraction of sp³-hybridized carbons (Fsp3) is 0.581. The van der Waals surface area contributed by atoms with Crippen molar-refractivity contribution in [3.63, 3.8) is 0 Å². The van der Waals surface area contributed by atoms with Crippen molar-refractivity contribution in [2.45, 2.75) is 99.5 Å². The van der Waals surface area contributed by atoms with Crippen LogP contribution in [0.4, 0.5) is 5.69 Å². The number of piperidine rings is 1. The van der Waals surface area contributed by atoms with Crippen molar-refractivity contribution in [3.05, 3.63) is 70.9 Å². The molecule has 55 heavy (non-hydrogen) atoms. The number of aliphatic hydroxyl groups excluding tert-OH is 1. The number of primary amides is 1. The topological polar surface area (TPSA) is 174 Å². The molecule has 1 amide bonds. The molecule has 12 nitrogen and oxygen atoms in total. The van der Waals surface area contributed by atoms with Crippen LogP contribution in [0.1, 0.15) is 75.3 Å². The largest absolute Gasteiger partial charge is 0.496 e. The Balaban J connectivity index is 1.46. The van der Waals surface area contributed by atoms with Crippen LogP contribution in [0, 0.1) is 11.3 Å². The number of H-pyrrole nitrogens is 1. The highest BCUT2D eigenvalue weighted by atomic mass is 16.5. The van der Waals surface area contributed by atoms with E-state index in [2.05, 4.69) is 34.3 Å². The van der Waals surface area contributed by atoms with Crippen LogP contribution in [-0.2, 0) is 31.6 Å². The first-order valence-corrected chi connectivity index (χ1v) is 20.0. The number of aromatic nitrogens is 1. The quantitative estimate of drug-likeness (QED) is 0.134. The van der Waals surface area contributed by atoms with Gasteiger partial charge < -0.3 is 45.7 Å². The Labute approximate surface area is 323 Å². The molecular formula is C43H57N5O7. The van der Waals surface area contributed by atoms with Crippen LogP contribution >= 0.6 is 0 Å². The molecule has 5 aliphatic rings. The molecule has 1 aromatic heterocycles. The maximum atomic E-state index is 15.2. The molecule has 0 bridgehead atoms. The molecule has 9 atom stereocenters. The van der Waals surface area contributed by atoms with Crippen molar-refractivity contribution in [3.8, 4) is 5.75 Å². The van der Waals surface area contributed by atoms with Gasteiger partial charge in [0.05, 0.1) is 25.9 Å². The fourth-order valence-corrected chi connectivity index (χ4v) is 12.4. The van der Waals surface area contributed by atoms with Crippen LogP contribution in [0.15, 0.2) is 48.6 Å². The first-order valence-electron chi connectivity index (χ1n) is 20.0. The van der Waals surface area contributed by atoms with Gasteiger partial charge in [0.15, 0.2) is 5.60 Å². The number of nitrogens with two attached hydrogens (primary N) is 1. The van der Waals surface area contributed by atoms with Crippen molar-refractivity contribution < 1.29 is 34.4 Å². The van der Waals surface area contributed by atoms with Gasteiger partial charge in [0.25, 0.3) is 5.91 Å². The third-order valence-corrected chi connectivity index (χ3v) is 14.8. The first kappa shape index (κ1) is 38.0. The normalized spacial score (nSPS) is 34.9. The number of aryl methyl sites for hydroxylation is 1. The molecule has 1 spiro atoms. The number of carbonyl (C=O) groups excluding carboxylic acids is 2. The van der Waals surface area contributed by atoms with Crippen LogP contribution in [0.3, 0.4) is 0 Å². The summed E-state index contributed by atoms with van der Waals surface area (Å²) in [6.07, 6.45) is 5.61. The third kappa shape index (κ3) is 4.81. The monoisotopic (exact) mass is 755 g/mol. The Bertz CT molecular complexity index is 2070. The Morgan fingerprint density at radius 2 is 1.85 bits per heavy atom. The lowest BCUT2D eigenvalue weighted by atomic mass is 9.47. The van der Waals surface area contributed by atoms with Crippen molar-refractivity contribution in [2.75, 3.05) is 52.3 Å². The highest BCUT2D eigenvalue weighted by Crippen LogP contribution is 2.67. The van der Waals surface area contributed by atoms with E-state index in [0.717, 1.165) is 33.4 Å². The lowest BCUT2D eigenvalue weighted by Crippen LogP contribution is -2.81. The van der Waals surface area contributed by atoms with Gasteiger partial charge in [-0.2, -0.15) is 0 Å². The lowest BCUT2D eigenvalue weighted by molar-refractivity contribution is -0.201. The maximum absolute atomic E-state index is 15.2. The summed E-state index contributed by atoms with van der Waals surface area (Å²) in [6, 6.07) is 10.9. The van der Waals surface area contributed by atoms with Crippen LogP contribution in [0.25, 0.3) is 10.9 Å². The fourth-order valence-electron chi connectivity index (χ4n) is 12.4. The van der Waals surface area contributed by atoms with Gasteiger partial charge in [-0.05, 0) is 80.8 Å². The number of ether oxygens (including phenoxy) is 2. The SMILES string of the molecule is CCc1c([C@@](C[C@@H]2CNC[C@](O)(CC)C2)(C(=O)OC)c2cc3c(cc2OC)N(C)[C@H]2C(O)(C(N)=O)[C@H](O)[C@]4(CC)C=CCN5CC[C@]32[C@@H]54)[nH]c2ccccc12. The standard InChI is InChI=1S/C43H57N5O7/c1-7-26-27-13-10-11-14-30(27)46-33(26)42(38(51)55-6,22-25-21-39(52,8-2)24-45-23-25)29-19-28-31(20-32(29)54-5)47(4)35-41(28)16-18-48-17-12-15-40(9-3,34(41)48)36(49)43(35,53)37(44)50/h10-15,19-20,25,34-36,45-46,49,52-53H,7-9,16-18,21-24H2,1-6H3,(H2,44,50)/t25-,34+,35-,36-,39+,40-,41-,42+,43?/m1/s1. The van der Waals surface area contributed by atoms with E-state index in [9.17, 15) is 20.1 Å². The number of aliphatic hydroxyl groups is 3. The van der Waals surface area contributed by atoms with Crippen molar-refractivity contribution in [2.24, 2.45) is 17.1 Å². The number of likely N-dealkylation sites (N-methyl/N-ethyl adjacent to an activating group) is 1. The van der Waals surface area contributed by atoms with E-state index in [1.54, 1.807) is 7.11 Å². The predicted molar refractivity (Wildman–Crippen MR) is 210 cm³/mol. The molecule has 1 aliphatic carbocycles. The summed E-state index contributed by atoms with van der Waals surface area (Å²) in [4.78, 5) is 36.8. The average Bonchev–Trinajstić information content (AvgIpc) is 3.85. The minimum absolute atomic E-state index is 0.136. The smallest absolute Gasteiger partial charge is 0.322 e. The molecule has 1 saturated carbocycles. The van der Waals surface area contributed by atoms with E-state index in [4.69, 9.17) is 15.2 Å². The van der Waals surface area contributed by atoms with Crippen molar-refractivity contribution >= 4 is 28.5 Å². The number of β-amino-alcohol motifs (C(OH)–C–C–N with tert-alkyl or cyclic N) is 1. The number of carbonyl (C=O) groups is 2. The summed E-state index contributed by atoms with van der Waals surface area (Å²) in [5.41, 5.74) is 4.45. The number of para-hydroxylation sites is 1. The van der Waals surface area contributed by atoms with E-state index in [0.29, 0.717) is 76.0 Å². The van der Waals surface area contributed by atoms with Gasteiger partial charge in [0.1, 0.15) is 17.3 Å². The Kier molecular flexibility index (Phi) is 9.01. The molecule has 2 aromatic carbocycles. The molecule has 3 aromatic rings. The van der Waals surface area contributed by atoms with Crippen LogP contribution < -0.4 is 20.7 Å². The maximum Gasteiger partial charge on any atom is 0.322 e. The van der Waals surface area contributed by atoms with E-state index in [-0.39, 0.29) is 12.0 Å². The van der Waals surface area contributed by atoms with E-state index in [1.807, 2.05) is 62.2 Å². The second-order valence-corrected chi connectivity index (χ2v) is 17.0. The number of esters is 1. The minimum atomic E-state index is -2.31. The van der Waals surface area contributed by atoms with E-state index in [1.165, 1.54) is 7.11 Å². The number of amides is 1. The molecule has 0 radical (unpaired) electrons. The molecule has 2 saturated heterocycles. The molecule has 5 heterocycles. The van der Waals surface area contributed by atoms with Crippen LogP contribution in [-0.4, -0.2) is 114 Å². The van der Waals surface area contributed by atoms with Gasteiger partial charge in [-0.3, -0.25) is 14.5 Å². The number of anilines is 1. The van der Waals surface area contributed by atoms with Crippen LogP contribution in [0.5, 0.6) is 5.75 Å². The summed E-state index contributed by atoms with van der Waals surface area (Å²) in [6.45, 7) is 8.47. The zero-order valence-corrected chi connectivity index (χ0v) is 32.9. The molecule has 4 aliphatic heterocycles. The second kappa shape index (κ2) is 13.1. The number of hydrogen-bond acceptors (Lipinski definition) is 10. The van der Waals surface area contributed by atoms with E-state index >= 15 is 4.79 Å². The van der Waals surface area contributed by atoms with Crippen molar-refractivity contribution in [1.29, 1.82) is 0 Å².